The maximum Gasteiger partial charge on any atom is 0.0999 e. The van der Waals surface area contributed by atoms with Crippen molar-refractivity contribution in [3.05, 3.63) is 206 Å². The van der Waals surface area contributed by atoms with Crippen LogP contribution in [0.25, 0.3) is 121 Å². The molecule has 68 heavy (non-hydrogen) atoms. The average molecular weight is 869 g/mol. The number of pyridine rings is 4. The van der Waals surface area contributed by atoms with Gasteiger partial charge >= 0.3 is 0 Å². The van der Waals surface area contributed by atoms with Crippen LogP contribution in [0.3, 0.4) is 0 Å². The largest absolute Gasteiger partial charge is 0.306 e. The summed E-state index contributed by atoms with van der Waals surface area (Å²) in [6.45, 7) is 0. The van der Waals surface area contributed by atoms with Crippen LogP contribution in [0.5, 0.6) is 0 Å². The van der Waals surface area contributed by atoms with Gasteiger partial charge in [0.1, 0.15) is 0 Å². The summed E-state index contributed by atoms with van der Waals surface area (Å²) in [6.07, 6.45) is 14.9. The third-order valence-electron chi connectivity index (χ3n) is 13.6. The molecule has 8 aromatic heterocycles. The first kappa shape index (κ1) is 37.5. The standard InChI is InChI=1S/C58H32N10/c59-29-35-17-19-49(65-45-13-5-1-9-37(45)41-21-25-61-31-51(41)65)57(67-47-15-7-3-11-39(47)43-23-27-63-33-53(43)67)55(35)56-36(30-60)18-20-50(66-46-14-6-2-10-38(46)42-22-26-62-32-52(42)66)58(56)68-48-16-8-4-12-40(48)44-24-28-64-34-54(44)68/h1-28,31-34H. The van der Waals surface area contributed by atoms with Crippen LogP contribution in [-0.2, 0) is 0 Å². The minimum atomic E-state index is 0.384. The molecule has 0 saturated carbocycles. The summed E-state index contributed by atoms with van der Waals surface area (Å²) in [4.78, 5) is 18.8. The van der Waals surface area contributed by atoms with Crippen molar-refractivity contribution in [2.75, 3.05) is 0 Å². The number of aromatic nitrogens is 8. The molecule has 0 N–H and O–H groups in total. The molecule has 0 radical (unpaired) electrons. The zero-order valence-electron chi connectivity index (χ0n) is 35.9. The highest BCUT2D eigenvalue weighted by atomic mass is 15.1. The number of nitrogens with zero attached hydrogens (tertiary/aromatic N) is 10. The van der Waals surface area contributed by atoms with E-state index in [4.69, 9.17) is 9.97 Å². The van der Waals surface area contributed by atoms with E-state index in [1.165, 1.54) is 0 Å². The van der Waals surface area contributed by atoms with E-state index in [1.54, 1.807) is 0 Å². The Morgan fingerprint density at radius 3 is 0.897 bits per heavy atom. The number of benzene rings is 6. The Morgan fingerprint density at radius 1 is 0.294 bits per heavy atom. The lowest BCUT2D eigenvalue weighted by Gasteiger charge is -2.26. The molecule has 0 amide bonds. The van der Waals surface area contributed by atoms with Gasteiger partial charge in [0.2, 0.25) is 0 Å². The molecular weight excluding hydrogens is 837 g/mol. The van der Waals surface area contributed by atoms with Crippen molar-refractivity contribution >= 4 is 87.2 Å². The second-order valence-corrected chi connectivity index (χ2v) is 16.9. The van der Waals surface area contributed by atoms with Gasteiger partial charge in [-0.1, -0.05) is 72.8 Å². The van der Waals surface area contributed by atoms with Crippen molar-refractivity contribution < 1.29 is 0 Å². The fourth-order valence-corrected chi connectivity index (χ4v) is 10.9. The molecule has 0 saturated heterocycles. The number of para-hydroxylation sites is 4. The highest BCUT2D eigenvalue weighted by Crippen LogP contribution is 2.49. The van der Waals surface area contributed by atoms with Gasteiger partial charge < -0.3 is 18.3 Å². The summed E-state index contributed by atoms with van der Waals surface area (Å²) in [5.74, 6) is 0. The van der Waals surface area contributed by atoms with E-state index in [0.717, 1.165) is 98.6 Å². The smallest absolute Gasteiger partial charge is 0.0999 e. The van der Waals surface area contributed by atoms with Crippen LogP contribution < -0.4 is 0 Å². The second kappa shape index (κ2) is 14.3. The third-order valence-corrected chi connectivity index (χ3v) is 13.6. The lowest BCUT2D eigenvalue weighted by atomic mass is 9.90. The highest BCUT2D eigenvalue weighted by molar-refractivity contribution is 6.15. The fourth-order valence-electron chi connectivity index (χ4n) is 10.9. The molecular formula is C58H32N10. The fraction of sp³-hybridized carbons (Fsp3) is 0. The predicted octanol–water partition coefficient (Wildman–Crippen LogP) is 13.1. The van der Waals surface area contributed by atoms with Gasteiger partial charge in [-0.15, -0.1) is 0 Å². The summed E-state index contributed by atoms with van der Waals surface area (Å²) in [7, 11) is 0. The molecule has 8 heterocycles. The summed E-state index contributed by atoms with van der Waals surface area (Å²) < 4.78 is 8.95. The van der Waals surface area contributed by atoms with Crippen LogP contribution in [0.2, 0.25) is 0 Å². The predicted molar refractivity (Wildman–Crippen MR) is 270 cm³/mol. The topological polar surface area (TPSA) is 119 Å². The Hall–Kier alpha value is -9.90. The van der Waals surface area contributed by atoms with Crippen molar-refractivity contribution in [1.29, 1.82) is 10.5 Å². The Labute approximate surface area is 386 Å². The molecule has 6 aromatic carbocycles. The molecule has 314 valence electrons. The molecule has 10 heteroatoms. The molecule has 0 aliphatic heterocycles. The first-order valence-corrected chi connectivity index (χ1v) is 22.2. The van der Waals surface area contributed by atoms with Gasteiger partial charge in [-0.2, -0.15) is 10.5 Å². The molecule has 0 atom stereocenters. The van der Waals surface area contributed by atoms with Crippen LogP contribution in [0.1, 0.15) is 11.1 Å². The number of nitriles is 2. The van der Waals surface area contributed by atoms with Crippen LogP contribution in [0.15, 0.2) is 195 Å². The van der Waals surface area contributed by atoms with Gasteiger partial charge in [0, 0.05) is 79.0 Å². The average Bonchev–Trinajstić information content (AvgIpc) is 4.13. The summed E-state index contributed by atoms with van der Waals surface area (Å²) in [6, 6.07) is 54.7. The quantitative estimate of drug-likeness (QED) is 0.170. The van der Waals surface area contributed by atoms with Gasteiger partial charge in [-0.25, -0.2) is 0 Å². The molecule has 0 unspecified atom stereocenters. The van der Waals surface area contributed by atoms with Crippen LogP contribution in [-0.4, -0.2) is 38.2 Å². The Morgan fingerprint density at radius 2 is 0.574 bits per heavy atom. The van der Waals surface area contributed by atoms with E-state index in [1.807, 2.05) is 122 Å². The maximum atomic E-state index is 11.7. The number of fused-ring (bicyclic) bond motifs is 12. The summed E-state index contributed by atoms with van der Waals surface area (Å²) in [5.41, 5.74) is 12.1. The summed E-state index contributed by atoms with van der Waals surface area (Å²) >= 11 is 0. The van der Waals surface area contributed by atoms with Gasteiger partial charge in [-0.05, 0) is 72.8 Å². The molecule has 10 nitrogen and oxygen atoms in total. The van der Waals surface area contributed by atoms with Crippen molar-refractivity contribution in [2.45, 2.75) is 0 Å². The van der Waals surface area contributed by atoms with Gasteiger partial charge in [0.15, 0.2) is 0 Å². The minimum absolute atomic E-state index is 0.384. The Kier molecular flexibility index (Phi) is 7.88. The number of hydrogen-bond donors (Lipinski definition) is 0. The van der Waals surface area contributed by atoms with E-state index in [0.29, 0.717) is 33.6 Å². The van der Waals surface area contributed by atoms with Gasteiger partial charge in [0.05, 0.1) is 115 Å². The van der Waals surface area contributed by atoms with Gasteiger partial charge in [0.25, 0.3) is 0 Å². The Bertz CT molecular complexity index is 4050. The maximum absolute atomic E-state index is 11.7. The zero-order valence-corrected chi connectivity index (χ0v) is 35.9. The molecule has 14 aromatic rings. The highest BCUT2D eigenvalue weighted by Gasteiger charge is 2.31. The van der Waals surface area contributed by atoms with E-state index >= 15 is 0 Å². The van der Waals surface area contributed by atoms with Crippen LogP contribution in [0.4, 0.5) is 0 Å². The molecule has 0 aliphatic carbocycles. The van der Waals surface area contributed by atoms with E-state index in [-0.39, 0.29) is 0 Å². The van der Waals surface area contributed by atoms with E-state index in [9.17, 15) is 10.5 Å². The van der Waals surface area contributed by atoms with Crippen LogP contribution >= 0.6 is 0 Å². The van der Waals surface area contributed by atoms with E-state index in [2.05, 4.69) is 113 Å². The van der Waals surface area contributed by atoms with E-state index < -0.39 is 0 Å². The van der Waals surface area contributed by atoms with Crippen molar-refractivity contribution in [2.24, 2.45) is 0 Å². The lowest BCUT2D eigenvalue weighted by molar-refractivity contribution is 1.07. The van der Waals surface area contributed by atoms with Crippen molar-refractivity contribution in [3.63, 3.8) is 0 Å². The van der Waals surface area contributed by atoms with Gasteiger partial charge in [-0.3, -0.25) is 19.9 Å². The molecule has 0 bridgehead atoms. The molecule has 14 rings (SSSR count). The SMILES string of the molecule is N#Cc1ccc(-n2c3ccccc3c3ccncc32)c(-n2c3ccccc3c3ccncc32)c1-c1c(C#N)ccc(-n2c3ccccc3c3ccncc32)c1-n1c2ccccc2c2ccncc21. The first-order valence-electron chi connectivity index (χ1n) is 22.2. The molecule has 0 fully saturated rings. The Balaban J connectivity index is 1.27. The summed E-state index contributed by atoms with van der Waals surface area (Å²) in [5, 5.41) is 31.5. The van der Waals surface area contributed by atoms with Crippen molar-refractivity contribution in [1.82, 2.24) is 38.2 Å². The normalized spacial score (nSPS) is 11.8. The zero-order chi connectivity index (χ0) is 45.0. The monoisotopic (exact) mass is 868 g/mol. The molecule has 0 aliphatic rings. The van der Waals surface area contributed by atoms with Crippen LogP contribution in [0, 0.1) is 22.7 Å². The second-order valence-electron chi connectivity index (χ2n) is 16.9. The lowest BCUT2D eigenvalue weighted by Crippen LogP contribution is -2.11. The first-order chi connectivity index (χ1) is 33.7. The molecule has 0 spiro atoms. The number of hydrogen-bond acceptors (Lipinski definition) is 6. The number of rotatable bonds is 5. The third kappa shape index (κ3) is 5.03. The minimum Gasteiger partial charge on any atom is -0.306 e. The van der Waals surface area contributed by atoms with Crippen molar-refractivity contribution in [3.8, 4) is 46.0 Å².